The SMILES string of the molecule is CNCCN(C)S(=O)(=O)c1cc(Br)c(C)cc1Br. The Balaban J connectivity index is 3.16. The van der Waals surface area contributed by atoms with Gasteiger partial charge in [0.1, 0.15) is 0 Å². The van der Waals surface area contributed by atoms with Crippen LogP contribution in [0.3, 0.4) is 0 Å². The molecule has 4 nitrogen and oxygen atoms in total. The van der Waals surface area contributed by atoms with Crippen LogP contribution in [0.5, 0.6) is 0 Å². The maximum Gasteiger partial charge on any atom is 0.244 e. The molecule has 0 aromatic heterocycles. The van der Waals surface area contributed by atoms with Gasteiger partial charge < -0.3 is 5.32 Å². The standard InChI is InChI=1S/C11H16Br2N2O2S/c1-8-6-10(13)11(7-9(8)12)18(16,17)15(3)5-4-14-2/h6-7,14H,4-5H2,1-3H3. The van der Waals surface area contributed by atoms with Crippen LogP contribution >= 0.6 is 31.9 Å². The Kier molecular flexibility index (Phi) is 5.79. The number of hydrogen-bond donors (Lipinski definition) is 1. The van der Waals surface area contributed by atoms with Crippen molar-refractivity contribution in [2.75, 3.05) is 27.2 Å². The lowest BCUT2D eigenvalue weighted by Crippen LogP contribution is -2.33. The summed E-state index contributed by atoms with van der Waals surface area (Å²) in [6.07, 6.45) is 0. The van der Waals surface area contributed by atoms with E-state index in [4.69, 9.17) is 0 Å². The van der Waals surface area contributed by atoms with E-state index in [9.17, 15) is 8.42 Å². The summed E-state index contributed by atoms with van der Waals surface area (Å²) in [5.74, 6) is 0. The van der Waals surface area contributed by atoms with Crippen LogP contribution < -0.4 is 5.32 Å². The minimum Gasteiger partial charge on any atom is -0.318 e. The highest BCUT2D eigenvalue weighted by Crippen LogP contribution is 2.30. The highest BCUT2D eigenvalue weighted by molar-refractivity contribution is 9.11. The van der Waals surface area contributed by atoms with Gasteiger partial charge in [-0.2, -0.15) is 4.31 Å². The van der Waals surface area contributed by atoms with E-state index in [0.29, 0.717) is 17.6 Å². The van der Waals surface area contributed by atoms with Crippen molar-refractivity contribution in [1.29, 1.82) is 0 Å². The summed E-state index contributed by atoms with van der Waals surface area (Å²) in [7, 11) is -0.0979. The van der Waals surface area contributed by atoms with E-state index in [1.165, 1.54) is 4.31 Å². The van der Waals surface area contributed by atoms with E-state index in [1.54, 1.807) is 26.2 Å². The molecule has 1 N–H and O–H groups in total. The van der Waals surface area contributed by atoms with E-state index < -0.39 is 10.0 Å². The number of hydrogen-bond acceptors (Lipinski definition) is 3. The molecule has 1 aromatic carbocycles. The lowest BCUT2D eigenvalue weighted by molar-refractivity contribution is 0.465. The Morgan fingerprint density at radius 2 is 1.89 bits per heavy atom. The Bertz CT molecular complexity index is 532. The topological polar surface area (TPSA) is 49.4 Å². The van der Waals surface area contributed by atoms with Gasteiger partial charge >= 0.3 is 0 Å². The molecule has 0 saturated heterocycles. The third-order valence-corrected chi connectivity index (χ3v) is 6.25. The van der Waals surface area contributed by atoms with E-state index >= 15 is 0 Å². The lowest BCUT2D eigenvalue weighted by atomic mass is 10.2. The molecule has 0 amide bonds. The van der Waals surface area contributed by atoms with Gasteiger partial charge in [0.15, 0.2) is 0 Å². The number of aryl methyl sites for hydroxylation is 1. The van der Waals surface area contributed by atoms with E-state index in [-0.39, 0.29) is 4.90 Å². The average Bonchev–Trinajstić information content (AvgIpc) is 2.30. The summed E-state index contributed by atoms with van der Waals surface area (Å²) in [5, 5.41) is 2.93. The third kappa shape index (κ3) is 3.54. The second-order valence-corrected chi connectivity index (χ2v) is 7.68. The van der Waals surface area contributed by atoms with Crippen molar-refractivity contribution in [3.05, 3.63) is 26.6 Å². The van der Waals surface area contributed by atoms with Gasteiger partial charge in [0, 0.05) is 29.1 Å². The van der Waals surface area contributed by atoms with Crippen molar-refractivity contribution in [1.82, 2.24) is 9.62 Å². The molecule has 18 heavy (non-hydrogen) atoms. The van der Waals surface area contributed by atoms with Crippen LogP contribution in [-0.4, -0.2) is 39.9 Å². The zero-order valence-corrected chi connectivity index (χ0v) is 14.5. The van der Waals surface area contributed by atoms with Gasteiger partial charge in [-0.15, -0.1) is 0 Å². The second kappa shape index (κ2) is 6.47. The molecular weight excluding hydrogens is 384 g/mol. The van der Waals surface area contributed by atoms with Gasteiger partial charge in [0.05, 0.1) is 4.90 Å². The lowest BCUT2D eigenvalue weighted by Gasteiger charge is -2.18. The zero-order chi connectivity index (χ0) is 13.9. The monoisotopic (exact) mass is 398 g/mol. The summed E-state index contributed by atoms with van der Waals surface area (Å²) >= 11 is 6.67. The Labute approximate surface area is 125 Å². The normalized spacial score (nSPS) is 12.1. The molecule has 0 atom stereocenters. The van der Waals surface area contributed by atoms with E-state index in [2.05, 4.69) is 37.2 Å². The molecule has 0 saturated carbocycles. The molecule has 1 rings (SSSR count). The summed E-state index contributed by atoms with van der Waals surface area (Å²) in [5.41, 5.74) is 0.985. The number of likely N-dealkylation sites (N-methyl/N-ethyl adjacent to an activating group) is 2. The van der Waals surface area contributed by atoms with Crippen LogP contribution in [0.15, 0.2) is 26.0 Å². The molecule has 0 spiro atoms. The predicted octanol–water partition coefficient (Wildman–Crippen LogP) is 2.36. The van der Waals surface area contributed by atoms with Gasteiger partial charge in [0.25, 0.3) is 0 Å². The van der Waals surface area contributed by atoms with E-state index in [1.807, 2.05) is 6.92 Å². The van der Waals surface area contributed by atoms with Crippen LogP contribution in [0.25, 0.3) is 0 Å². The number of halogens is 2. The van der Waals surface area contributed by atoms with Gasteiger partial charge in [-0.1, -0.05) is 15.9 Å². The first-order valence-electron chi connectivity index (χ1n) is 5.37. The van der Waals surface area contributed by atoms with Gasteiger partial charge in [0.2, 0.25) is 10.0 Å². The summed E-state index contributed by atoms with van der Waals surface area (Å²) < 4.78 is 27.4. The smallest absolute Gasteiger partial charge is 0.244 e. The van der Waals surface area contributed by atoms with Crippen LogP contribution in [0.2, 0.25) is 0 Å². The van der Waals surface area contributed by atoms with Crippen molar-refractivity contribution in [3.8, 4) is 0 Å². The number of benzene rings is 1. The first kappa shape index (κ1) is 16.1. The zero-order valence-electron chi connectivity index (χ0n) is 10.5. The highest BCUT2D eigenvalue weighted by atomic mass is 79.9. The van der Waals surface area contributed by atoms with Gasteiger partial charge in [-0.05, 0) is 47.6 Å². The minimum atomic E-state index is -3.46. The molecule has 0 heterocycles. The third-order valence-electron chi connectivity index (χ3n) is 2.58. The first-order chi connectivity index (χ1) is 8.30. The molecular formula is C11H16Br2N2O2S. The Morgan fingerprint density at radius 3 is 2.44 bits per heavy atom. The maximum atomic E-state index is 12.4. The fourth-order valence-corrected chi connectivity index (χ4v) is 4.19. The number of rotatable bonds is 5. The first-order valence-corrected chi connectivity index (χ1v) is 8.40. The second-order valence-electron chi connectivity index (χ2n) is 3.96. The summed E-state index contributed by atoms with van der Waals surface area (Å²) in [6, 6.07) is 3.42. The van der Waals surface area contributed by atoms with Crippen LogP contribution in [0.4, 0.5) is 0 Å². The van der Waals surface area contributed by atoms with Crippen molar-refractivity contribution in [2.45, 2.75) is 11.8 Å². The fourth-order valence-electron chi connectivity index (χ4n) is 1.38. The Hall–Kier alpha value is 0.0500. The molecule has 0 radical (unpaired) electrons. The van der Waals surface area contributed by atoms with Crippen molar-refractivity contribution in [3.63, 3.8) is 0 Å². The average molecular weight is 400 g/mol. The van der Waals surface area contributed by atoms with Crippen LogP contribution in [0.1, 0.15) is 5.56 Å². The minimum absolute atomic E-state index is 0.276. The molecule has 0 fully saturated rings. The summed E-state index contributed by atoms with van der Waals surface area (Å²) in [6.45, 7) is 2.95. The maximum absolute atomic E-state index is 12.4. The molecule has 0 aliphatic carbocycles. The van der Waals surface area contributed by atoms with Crippen molar-refractivity contribution >= 4 is 41.9 Å². The fraction of sp³-hybridized carbons (Fsp3) is 0.455. The van der Waals surface area contributed by atoms with Crippen LogP contribution in [0, 0.1) is 6.92 Å². The molecule has 0 aliphatic heterocycles. The molecule has 0 unspecified atom stereocenters. The molecule has 102 valence electrons. The van der Waals surface area contributed by atoms with Crippen LogP contribution in [-0.2, 0) is 10.0 Å². The predicted molar refractivity (Wildman–Crippen MR) is 80.3 cm³/mol. The number of nitrogens with zero attached hydrogens (tertiary/aromatic N) is 1. The largest absolute Gasteiger partial charge is 0.318 e. The van der Waals surface area contributed by atoms with E-state index in [0.717, 1.165) is 10.0 Å². The van der Waals surface area contributed by atoms with Gasteiger partial charge in [-0.3, -0.25) is 0 Å². The quantitative estimate of drug-likeness (QED) is 0.826. The number of sulfonamides is 1. The van der Waals surface area contributed by atoms with Gasteiger partial charge in [-0.25, -0.2) is 8.42 Å². The van der Waals surface area contributed by atoms with Crippen molar-refractivity contribution in [2.24, 2.45) is 0 Å². The number of nitrogens with one attached hydrogen (secondary N) is 1. The molecule has 0 aliphatic rings. The molecule has 1 aromatic rings. The highest BCUT2D eigenvalue weighted by Gasteiger charge is 2.23. The summed E-state index contributed by atoms with van der Waals surface area (Å²) in [4.78, 5) is 0.276. The molecule has 0 bridgehead atoms. The molecule has 7 heteroatoms. The van der Waals surface area contributed by atoms with Crippen molar-refractivity contribution < 1.29 is 8.42 Å². The Morgan fingerprint density at radius 1 is 1.28 bits per heavy atom.